The Morgan fingerprint density at radius 3 is 2.93 bits per heavy atom. The van der Waals surface area contributed by atoms with Gasteiger partial charge in [-0.15, -0.1) is 24.0 Å². The molecule has 2 aromatic rings. The van der Waals surface area contributed by atoms with Gasteiger partial charge in [0.2, 0.25) is 0 Å². The third-order valence-electron chi connectivity index (χ3n) is 5.40. The number of nitrogens with one attached hydrogen (secondary N) is 1. The van der Waals surface area contributed by atoms with Crippen LogP contribution in [0.25, 0.3) is 5.69 Å². The second kappa shape index (κ2) is 9.05. The molecule has 0 bridgehead atoms. The number of halogens is 1. The molecule has 2 fully saturated rings. The van der Waals surface area contributed by atoms with E-state index in [4.69, 9.17) is 9.73 Å². The van der Waals surface area contributed by atoms with E-state index in [1.807, 2.05) is 23.0 Å². The topological polar surface area (TPSA) is 54.7 Å². The molecular weight excluding hydrogens is 453 g/mol. The Kier molecular flexibility index (Phi) is 6.75. The summed E-state index contributed by atoms with van der Waals surface area (Å²) in [6.07, 6.45) is 6.14. The lowest BCUT2D eigenvalue weighted by molar-refractivity contribution is 0.156. The SMILES string of the molecule is CCNC(=NCc1ccccc1-n1cccn1)N1CCC2(CCOC2)C1.I. The Morgan fingerprint density at radius 2 is 2.19 bits per heavy atom. The molecule has 1 N–H and O–H groups in total. The second-order valence-corrected chi connectivity index (χ2v) is 7.22. The molecule has 2 aliphatic rings. The van der Waals surface area contributed by atoms with Gasteiger partial charge in [0.25, 0.3) is 0 Å². The standard InChI is InChI=1S/C20H27N5O.HI/c1-2-21-19(24-12-8-20(15-24)9-13-26-16-20)22-14-17-6-3-4-7-18(17)25-11-5-10-23-25;/h3-7,10-11H,2,8-9,12-16H2,1H3,(H,21,22);1H. The van der Waals surface area contributed by atoms with Crippen molar-refractivity contribution in [1.82, 2.24) is 20.0 Å². The average molecular weight is 481 g/mol. The number of para-hydroxylation sites is 1. The lowest BCUT2D eigenvalue weighted by Gasteiger charge is -2.25. The van der Waals surface area contributed by atoms with E-state index in [9.17, 15) is 0 Å². The van der Waals surface area contributed by atoms with Gasteiger partial charge in [-0.3, -0.25) is 0 Å². The number of nitrogens with zero attached hydrogens (tertiary/aromatic N) is 4. The van der Waals surface area contributed by atoms with Crippen LogP contribution in [0.1, 0.15) is 25.3 Å². The van der Waals surface area contributed by atoms with Crippen molar-refractivity contribution in [2.75, 3.05) is 32.8 Å². The van der Waals surface area contributed by atoms with Gasteiger partial charge in [-0.2, -0.15) is 5.10 Å². The van der Waals surface area contributed by atoms with Crippen LogP contribution in [0.15, 0.2) is 47.7 Å². The van der Waals surface area contributed by atoms with Gasteiger partial charge in [0.1, 0.15) is 0 Å². The summed E-state index contributed by atoms with van der Waals surface area (Å²) >= 11 is 0. The van der Waals surface area contributed by atoms with Crippen molar-refractivity contribution in [3.05, 3.63) is 48.3 Å². The monoisotopic (exact) mass is 481 g/mol. The molecule has 2 saturated heterocycles. The number of benzene rings is 1. The zero-order chi connectivity index (χ0) is 17.8. The summed E-state index contributed by atoms with van der Waals surface area (Å²) in [5.74, 6) is 1.01. The Hall–Kier alpha value is -1.61. The number of guanidine groups is 1. The first-order valence-electron chi connectivity index (χ1n) is 9.49. The van der Waals surface area contributed by atoms with Crippen LogP contribution in [0, 0.1) is 5.41 Å². The van der Waals surface area contributed by atoms with Crippen LogP contribution < -0.4 is 5.32 Å². The van der Waals surface area contributed by atoms with Crippen molar-refractivity contribution in [1.29, 1.82) is 0 Å². The van der Waals surface area contributed by atoms with E-state index in [0.717, 1.165) is 44.5 Å². The average Bonchev–Trinajstić information content (AvgIpc) is 3.43. The van der Waals surface area contributed by atoms with Crippen LogP contribution in [-0.2, 0) is 11.3 Å². The molecule has 3 heterocycles. The highest BCUT2D eigenvalue weighted by atomic mass is 127. The van der Waals surface area contributed by atoms with Crippen molar-refractivity contribution in [2.45, 2.75) is 26.3 Å². The zero-order valence-corrected chi connectivity index (χ0v) is 18.1. The van der Waals surface area contributed by atoms with Crippen molar-refractivity contribution in [3.63, 3.8) is 0 Å². The number of hydrogen-bond donors (Lipinski definition) is 1. The van der Waals surface area contributed by atoms with Gasteiger partial charge in [-0.25, -0.2) is 9.67 Å². The molecular formula is C20H28IN5O. The summed E-state index contributed by atoms with van der Waals surface area (Å²) < 4.78 is 7.56. The highest BCUT2D eigenvalue weighted by molar-refractivity contribution is 14.0. The highest BCUT2D eigenvalue weighted by Crippen LogP contribution is 2.38. The molecule has 7 heteroatoms. The van der Waals surface area contributed by atoms with Gasteiger partial charge >= 0.3 is 0 Å². The van der Waals surface area contributed by atoms with E-state index < -0.39 is 0 Å². The Balaban J connectivity index is 0.00000210. The van der Waals surface area contributed by atoms with Gasteiger partial charge in [0.05, 0.1) is 18.8 Å². The van der Waals surface area contributed by atoms with Gasteiger partial charge in [0, 0.05) is 44.0 Å². The number of hydrogen-bond acceptors (Lipinski definition) is 3. The minimum atomic E-state index is 0. The van der Waals surface area contributed by atoms with Crippen molar-refractivity contribution in [3.8, 4) is 5.69 Å². The predicted molar refractivity (Wildman–Crippen MR) is 118 cm³/mol. The van der Waals surface area contributed by atoms with E-state index in [1.165, 1.54) is 18.4 Å². The minimum Gasteiger partial charge on any atom is -0.381 e. The fourth-order valence-corrected chi connectivity index (χ4v) is 3.95. The van der Waals surface area contributed by atoms with Crippen LogP contribution in [0.2, 0.25) is 0 Å². The number of likely N-dealkylation sites (tertiary alicyclic amines) is 1. The van der Waals surface area contributed by atoms with E-state index in [2.05, 4.69) is 40.4 Å². The maximum atomic E-state index is 5.66. The second-order valence-electron chi connectivity index (χ2n) is 7.22. The van der Waals surface area contributed by atoms with Crippen molar-refractivity contribution < 1.29 is 4.74 Å². The van der Waals surface area contributed by atoms with Crippen molar-refractivity contribution in [2.24, 2.45) is 10.4 Å². The van der Waals surface area contributed by atoms with Gasteiger partial charge < -0.3 is 15.0 Å². The molecule has 6 nitrogen and oxygen atoms in total. The molecule has 1 aromatic carbocycles. The summed E-state index contributed by atoms with van der Waals surface area (Å²) in [5, 5.41) is 7.83. The van der Waals surface area contributed by atoms with Gasteiger partial charge in [-0.05, 0) is 37.5 Å². The maximum Gasteiger partial charge on any atom is 0.194 e. The molecule has 1 unspecified atom stereocenters. The van der Waals surface area contributed by atoms with E-state index in [-0.39, 0.29) is 24.0 Å². The lowest BCUT2D eigenvalue weighted by atomic mass is 9.87. The number of aliphatic imine (C=N–C) groups is 1. The smallest absolute Gasteiger partial charge is 0.194 e. The van der Waals surface area contributed by atoms with Crippen molar-refractivity contribution >= 4 is 29.9 Å². The number of aromatic nitrogens is 2. The first kappa shape index (κ1) is 20.1. The summed E-state index contributed by atoms with van der Waals surface area (Å²) in [7, 11) is 0. The third-order valence-corrected chi connectivity index (χ3v) is 5.40. The summed E-state index contributed by atoms with van der Waals surface area (Å²) in [6, 6.07) is 10.3. The molecule has 0 saturated carbocycles. The Labute approximate surface area is 178 Å². The normalized spacial score (nSPS) is 22.3. The molecule has 1 spiro atoms. The molecule has 4 rings (SSSR count). The molecule has 0 amide bonds. The van der Waals surface area contributed by atoms with E-state index in [0.29, 0.717) is 12.0 Å². The third kappa shape index (κ3) is 4.45. The summed E-state index contributed by atoms with van der Waals surface area (Å²) in [5.41, 5.74) is 2.59. The quantitative estimate of drug-likeness (QED) is 0.415. The number of rotatable bonds is 4. The molecule has 27 heavy (non-hydrogen) atoms. The number of ether oxygens (including phenoxy) is 1. The first-order valence-corrected chi connectivity index (χ1v) is 9.49. The molecule has 0 radical (unpaired) electrons. The van der Waals surface area contributed by atoms with Crippen LogP contribution in [0.3, 0.4) is 0 Å². The van der Waals surface area contributed by atoms with Crippen LogP contribution in [0.4, 0.5) is 0 Å². The zero-order valence-electron chi connectivity index (χ0n) is 15.8. The largest absolute Gasteiger partial charge is 0.381 e. The lowest BCUT2D eigenvalue weighted by Crippen LogP contribution is -2.41. The fourth-order valence-electron chi connectivity index (χ4n) is 3.95. The van der Waals surface area contributed by atoms with Crippen LogP contribution in [-0.4, -0.2) is 53.5 Å². The van der Waals surface area contributed by atoms with Crippen LogP contribution >= 0.6 is 24.0 Å². The fraction of sp³-hybridized carbons (Fsp3) is 0.500. The predicted octanol–water partition coefficient (Wildman–Crippen LogP) is 3.07. The minimum absolute atomic E-state index is 0. The first-order chi connectivity index (χ1) is 12.8. The maximum absolute atomic E-state index is 5.66. The molecule has 2 aliphatic heterocycles. The van der Waals surface area contributed by atoms with E-state index >= 15 is 0 Å². The summed E-state index contributed by atoms with van der Waals surface area (Å²) in [6.45, 7) is 7.52. The Morgan fingerprint density at radius 1 is 1.30 bits per heavy atom. The van der Waals surface area contributed by atoms with Crippen LogP contribution in [0.5, 0.6) is 0 Å². The molecule has 146 valence electrons. The van der Waals surface area contributed by atoms with E-state index in [1.54, 1.807) is 6.20 Å². The van der Waals surface area contributed by atoms with Gasteiger partial charge in [0.15, 0.2) is 5.96 Å². The molecule has 0 aliphatic carbocycles. The summed E-state index contributed by atoms with van der Waals surface area (Å²) in [4.78, 5) is 7.34. The highest BCUT2D eigenvalue weighted by Gasteiger charge is 2.42. The van der Waals surface area contributed by atoms with Gasteiger partial charge in [-0.1, -0.05) is 18.2 Å². The molecule has 1 aromatic heterocycles. The molecule has 1 atom stereocenters. The Bertz CT molecular complexity index is 755.